The lowest BCUT2D eigenvalue weighted by atomic mass is 10.0. The number of hydrogen-bond acceptors (Lipinski definition) is 7. The number of rotatable bonds is 7. The van der Waals surface area contributed by atoms with Crippen molar-refractivity contribution in [2.45, 2.75) is 25.6 Å². The number of hydrogen-bond donors (Lipinski definition) is 2. The molecule has 0 unspecified atom stereocenters. The summed E-state index contributed by atoms with van der Waals surface area (Å²) in [6.45, 7) is 5.43. The lowest BCUT2D eigenvalue weighted by Crippen LogP contribution is -2.53. The molecule has 1 aromatic heterocycles. The molecule has 3 aromatic rings. The van der Waals surface area contributed by atoms with E-state index in [-0.39, 0.29) is 31.2 Å². The number of benzene rings is 2. The van der Waals surface area contributed by atoms with Gasteiger partial charge in [0.2, 0.25) is 6.79 Å². The van der Waals surface area contributed by atoms with Crippen LogP contribution in [-0.4, -0.2) is 55.7 Å². The molecule has 8 nitrogen and oxygen atoms in total. The average Bonchev–Trinajstić information content (AvgIpc) is 3.60. The number of nitrogens with zero attached hydrogens (tertiary/aromatic N) is 2. The monoisotopic (exact) mass is 524 g/mol. The molecule has 2 aliphatic heterocycles. The van der Waals surface area contributed by atoms with Crippen LogP contribution in [-0.2, 0) is 16.1 Å². The zero-order valence-corrected chi connectivity index (χ0v) is 21.3. The van der Waals surface area contributed by atoms with Gasteiger partial charge in [-0.05, 0) is 60.3 Å². The maximum Gasteiger partial charge on any atom is 0.309 e. The van der Waals surface area contributed by atoms with E-state index in [9.17, 15) is 14.0 Å². The molecule has 3 heterocycles. The van der Waals surface area contributed by atoms with Gasteiger partial charge in [-0.25, -0.2) is 4.39 Å². The molecule has 2 atom stereocenters. The lowest BCUT2D eigenvalue weighted by Gasteiger charge is -2.42. The highest BCUT2D eigenvalue weighted by molar-refractivity contribution is 7.10. The number of halogens is 1. The molecule has 0 saturated carbocycles. The number of thiophene rings is 1. The summed E-state index contributed by atoms with van der Waals surface area (Å²) in [6.07, 6.45) is 0. The van der Waals surface area contributed by atoms with Crippen LogP contribution in [0.3, 0.4) is 0 Å². The van der Waals surface area contributed by atoms with Crippen LogP contribution in [0.4, 0.5) is 10.1 Å². The van der Waals surface area contributed by atoms with Gasteiger partial charge in [0.05, 0.1) is 6.04 Å². The predicted molar refractivity (Wildman–Crippen MR) is 139 cm³/mol. The van der Waals surface area contributed by atoms with E-state index in [0.717, 1.165) is 42.3 Å². The maximum absolute atomic E-state index is 13.3. The molecule has 2 aliphatic rings. The lowest BCUT2D eigenvalue weighted by molar-refractivity contribution is -0.140. The Balaban J connectivity index is 1.18. The van der Waals surface area contributed by atoms with Crippen molar-refractivity contribution in [3.8, 4) is 11.5 Å². The maximum atomic E-state index is 13.3. The van der Waals surface area contributed by atoms with Crippen LogP contribution in [0, 0.1) is 5.82 Å². The Morgan fingerprint density at radius 2 is 1.76 bits per heavy atom. The van der Waals surface area contributed by atoms with E-state index in [1.807, 2.05) is 24.4 Å². The summed E-state index contributed by atoms with van der Waals surface area (Å²) in [5, 5.41) is 7.61. The van der Waals surface area contributed by atoms with Gasteiger partial charge in [-0.2, -0.15) is 0 Å². The van der Waals surface area contributed by atoms with Crippen molar-refractivity contribution in [3.05, 3.63) is 76.2 Å². The van der Waals surface area contributed by atoms with Crippen molar-refractivity contribution >= 4 is 28.8 Å². The molecule has 2 amide bonds. The second-order valence-corrected chi connectivity index (χ2v) is 10.1. The zero-order valence-electron chi connectivity index (χ0n) is 20.5. The molecule has 0 aliphatic carbocycles. The van der Waals surface area contributed by atoms with Gasteiger partial charge < -0.3 is 25.0 Å². The third-order valence-electron chi connectivity index (χ3n) is 6.66. The fourth-order valence-electron chi connectivity index (χ4n) is 4.78. The van der Waals surface area contributed by atoms with Crippen molar-refractivity contribution in [2.75, 3.05) is 37.9 Å². The van der Waals surface area contributed by atoms with E-state index < -0.39 is 11.8 Å². The topological polar surface area (TPSA) is 83.1 Å². The van der Waals surface area contributed by atoms with Gasteiger partial charge in [-0.3, -0.25) is 14.5 Å². The fraction of sp³-hybridized carbons (Fsp3) is 0.333. The van der Waals surface area contributed by atoms with Crippen LogP contribution in [0.25, 0.3) is 0 Å². The van der Waals surface area contributed by atoms with Crippen LogP contribution in [0.15, 0.2) is 60.0 Å². The number of nitrogens with one attached hydrogen (secondary N) is 2. The molecule has 0 bridgehead atoms. The van der Waals surface area contributed by atoms with E-state index in [4.69, 9.17) is 9.47 Å². The highest BCUT2D eigenvalue weighted by atomic mass is 32.1. The largest absolute Gasteiger partial charge is 0.454 e. The molecule has 2 N–H and O–H groups in total. The van der Waals surface area contributed by atoms with Crippen LogP contribution < -0.4 is 25.0 Å². The summed E-state index contributed by atoms with van der Waals surface area (Å²) < 4.78 is 24.0. The van der Waals surface area contributed by atoms with E-state index in [0.29, 0.717) is 11.5 Å². The van der Waals surface area contributed by atoms with Crippen LogP contribution in [0.1, 0.15) is 23.4 Å². The van der Waals surface area contributed by atoms with E-state index >= 15 is 0 Å². The molecular weight excluding hydrogens is 495 g/mol. The minimum absolute atomic E-state index is 0.0685. The fourth-order valence-corrected chi connectivity index (χ4v) is 5.74. The zero-order chi connectivity index (χ0) is 25.8. The number of carbonyl (C=O) groups excluding carboxylic acids is 2. The minimum atomic E-state index is -0.685. The molecule has 1 fully saturated rings. The Hall–Kier alpha value is -3.63. The Kier molecular flexibility index (Phi) is 7.57. The van der Waals surface area contributed by atoms with Crippen molar-refractivity contribution in [1.29, 1.82) is 0 Å². The predicted octanol–water partition coefficient (Wildman–Crippen LogP) is 3.30. The van der Waals surface area contributed by atoms with Crippen LogP contribution in [0.5, 0.6) is 11.5 Å². The van der Waals surface area contributed by atoms with Crippen LogP contribution in [0.2, 0.25) is 0 Å². The second kappa shape index (κ2) is 11.2. The molecule has 2 aromatic carbocycles. The van der Waals surface area contributed by atoms with E-state index in [1.165, 1.54) is 12.1 Å². The van der Waals surface area contributed by atoms with Gasteiger partial charge >= 0.3 is 11.8 Å². The first-order valence-electron chi connectivity index (χ1n) is 12.2. The van der Waals surface area contributed by atoms with E-state index in [2.05, 4.69) is 26.5 Å². The highest BCUT2D eigenvalue weighted by Crippen LogP contribution is 2.33. The Bertz CT molecular complexity index is 1230. The number of carbonyl (C=O) groups is 2. The van der Waals surface area contributed by atoms with Crippen molar-refractivity contribution < 1.29 is 23.5 Å². The summed E-state index contributed by atoms with van der Waals surface area (Å²) >= 11 is 1.63. The first-order chi connectivity index (χ1) is 18.0. The first kappa shape index (κ1) is 25.0. The third-order valence-corrected chi connectivity index (χ3v) is 7.61. The van der Waals surface area contributed by atoms with Gasteiger partial charge in [0.25, 0.3) is 0 Å². The number of piperazine rings is 1. The molecule has 1 saturated heterocycles. The Labute approximate surface area is 219 Å². The third kappa shape index (κ3) is 5.86. The Morgan fingerprint density at radius 3 is 2.49 bits per heavy atom. The van der Waals surface area contributed by atoms with E-state index in [1.54, 1.807) is 35.6 Å². The Morgan fingerprint density at radius 1 is 1.00 bits per heavy atom. The summed E-state index contributed by atoms with van der Waals surface area (Å²) in [4.78, 5) is 31.0. The molecule has 194 valence electrons. The van der Waals surface area contributed by atoms with Gasteiger partial charge in [0.15, 0.2) is 11.5 Å². The molecule has 5 rings (SSSR count). The van der Waals surface area contributed by atoms with Gasteiger partial charge in [-0.15, -0.1) is 11.3 Å². The number of amides is 2. The smallest absolute Gasteiger partial charge is 0.309 e. The number of anilines is 1. The number of ether oxygens (including phenoxy) is 2. The van der Waals surface area contributed by atoms with Crippen molar-refractivity contribution in [1.82, 2.24) is 15.5 Å². The quantitative estimate of drug-likeness (QED) is 0.462. The SMILES string of the molecule is C[C@@H](NC(=O)C(=O)NCc1ccc2c(c1)OCO2)[C@@H](c1cccs1)N1CCN(c2ccc(F)cc2)CC1. The second-order valence-electron chi connectivity index (χ2n) is 9.09. The summed E-state index contributed by atoms with van der Waals surface area (Å²) in [5.74, 6) is -0.303. The van der Waals surface area contributed by atoms with Gasteiger partial charge in [0, 0.05) is 49.3 Å². The summed E-state index contributed by atoms with van der Waals surface area (Å²) in [6, 6.07) is 15.6. The van der Waals surface area contributed by atoms with Gasteiger partial charge in [0.1, 0.15) is 5.82 Å². The minimum Gasteiger partial charge on any atom is -0.454 e. The van der Waals surface area contributed by atoms with Gasteiger partial charge in [-0.1, -0.05) is 12.1 Å². The molecular formula is C27H29FN4O4S. The molecule has 37 heavy (non-hydrogen) atoms. The standard InChI is InChI=1S/C27H29FN4O4S/c1-18(30-27(34)26(33)29-16-19-4-9-22-23(15-19)36-17-35-22)25(24-3-2-14-37-24)32-12-10-31(11-13-32)21-7-5-20(28)6-8-21/h2-9,14-15,18,25H,10-13,16-17H2,1H3,(H,29,33)(H,30,34)/t18-,25+/m1/s1. The molecule has 0 spiro atoms. The normalized spacial score (nSPS) is 16.8. The summed E-state index contributed by atoms with van der Waals surface area (Å²) in [5.41, 5.74) is 1.81. The molecule has 0 radical (unpaired) electrons. The first-order valence-corrected chi connectivity index (χ1v) is 13.1. The molecule has 10 heteroatoms. The van der Waals surface area contributed by atoms with Crippen LogP contribution >= 0.6 is 11.3 Å². The number of fused-ring (bicyclic) bond motifs is 1. The average molecular weight is 525 g/mol. The highest BCUT2D eigenvalue weighted by Gasteiger charge is 2.32. The van der Waals surface area contributed by atoms with Crippen molar-refractivity contribution in [3.63, 3.8) is 0 Å². The van der Waals surface area contributed by atoms with Crippen molar-refractivity contribution in [2.24, 2.45) is 0 Å². The summed E-state index contributed by atoms with van der Waals surface area (Å²) in [7, 11) is 0.